The number of anilines is 1. The molecule has 0 bridgehead atoms. The van der Waals surface area contributed by atoms with Crippen molar-refractivity contribution >= 4 is 22.9 Å². The van der Waals surface area contributed by atoms with Crippen LogP contribution in [0.2, 0.25) is 0 Å². The standard InChI is InChI=1S/C14H22FN3O5.C14H18FN3O4.C12H15F2N5O3.CH4/c1-17(2)5-8-6-18(14(20)16-12(8)19)13-10(15)11(22-4)9(23-13)7-21-3;1-8-17-13(19)9(5-16-2)6-18(8)14-11(15)12(21-4)10(22-14)7-20-3;1-20-3-5-8(21-2)6(13)11(22-5)19-4-16-7-9(15)17-12(14)18-10(7)19;/h6,9-11,13H,5,7H2,1-4H3,(H,16,19,20);6,10-12,14H,1,5,7H2,3-4H3,(H,17,19);4-6,8,11H,3H2,1-2H3,(H2,15,17,18);1H4/t9-,10?,11-,13-;10-,11?,12-,14-;5-,6+,8?,11-;/m111./s1. The van der Waals surface area contributed by atoms with Crippen LogP contribution in [0.3, 0.4) is 0 Å². The molecule has 23 nitrogen and oxygen atoms in total. The number of alkyl halides is 3. The number of hydrogen-bond acceptors (Lipinski definition) is 18. The highest BCUT2D eigenvalue weighted by atomic mass is 19.1. The number of hydrogen-bond donors (Lipinski definition) is 3. The average Bonchev–Trinajstić information content (AvgIpc) is 4.01. The van der Waals surface area contributed by atoms with E-state index < -0.39 is 97.1 Å². The van der Waals surface area contributed by atoms with E-state index in [1.165, 1.54) is 70.8 Å². The summed E-state index contributed by atoms with van der Waals surface area (Å²) in [5.41, 5.74) is 5.18. The van der Waals surface area contributed by atoms with Crippen LogP contribution < -0.4 is 22.3 Å². The summed E-state index contributed by atoms with van der Waals surface area (Å²) in [7, 11) is 12.2. The lowest BCUT2D eigenvalue weighted by Crippen LogP contribution is -2.47. The van der Waals surface area contributed by atoms with Gasteiger partial charge in [0.2, 0.25) is 6.54 Å². The lowest BCUT2D eigenvalue weighted by atomic mass is 10.1. The number of aromatic nitrogens is 6. The first kappa shape index (κ1) is 55.2. The summed E-state index contributed by atoms with van der Waals surface area (Å²) in [6.07, 6.45) is -9.01. The summed E-state index contributed by atoms with van der Waals surface area (Å²) in [5, 5.41) is 2.50. The maximum absolute atomic E-state index is 14.6. The van der Waals surface area contributed by atoms with Gasteiger partial charge in [-0.15, -0.1) is 0 Å². The largest absolute Gasteiger partial charge is 0.382 e. The van der Waals surface area contributed by atoms with E-state index in [1.807, 2.05) is 0 Å². The van der Waals surface area contributed by atoms with Crippen LogP contribution in [0.4, 0.5) is 23.4 Å². The Bertz CT molecular complexity index is 2370. The molecule has 3 aromatic heterocycles. The van der Waals surface area contributed by atoms with Crippen LogP contribution in [0.1, 0.15) is 25.4 Å². The van der Waals surface area contributed by atoms with E-state index in [4.69, 9.17) is 54.9 Å². The molecule has 68 heavy (non-hydrogen) atoms. The number of nitrogens with two attached hydrogens (primary N) is 1. The van der Waals surface area contributed by atoms with Crippen LogP contribution in [-0.4, -0.2) is 189 Å². The van der Waals surface area contributed by atoms with Crippen molar-refractivity contribution in [1.82, 2.24) is 44.2 Å². The number of halogens is 4. The number of imidazole rings is 1. The molecule has 0 radical (unpaired) electrons. The summed E-state index contributed by atoms with van der Waals surface area (Å²) in [6, 6.07) is 0. The van der Waals surface area contributed by atoms with Crippen molar-refractivity contribution in [2.75, 3.05) is 88.9 Å². The SMILES string of the molecule is C.COC[C@H]1O[C@@H](n2cc(CN(C)C)c(=O)[nH]c2=O)C(F)[C@@H]1OC.COC[C@H]1O[C@@H](n2cnc3c(N)nc(F)nc32)[C@@H](F)C1OC.[C-]#[N+]CC1=CN([C@@H]2O[C@H](COC)[C@@H](OC)C2F)C(=C)NC1=O. The highest BCUT2D eigenvalue weighted by Gasteiger charge is 2.50. The predicted molar refractivity (Wildman–Crippen MR) is 233 cm³/mol. The molecule has 27 heteroatoms. The zero-order chi connectivity index (χ0) is 49.3. The number of aromatic amines is 1. The smallest absolute Gasteiger partial charge is 0.330 e. The molecule has 3 saturated heterocycles. The molecule has 0 saturated carbocycles. The number of amides is 1. The van der Waals surface area contributed by atoms with Crippen molar-refractivity contribution in [3.05, 3.63) is 80.6 Å². The summed E-state index contributed by atoms with van der Waals surface area (Å²) < 4.78 is 107. The van der Waals surface area contributed by atoms with Crippen LogP contribution in [0.5, 0.6) is 0 Å². The summed E-state index contributed by atoms with van der Waals surface area (Å²) in [5.74, 6) is -0.340. The van der Waals surface area contributed by atoms with Crippen molar-refractivity contribution < 1.29 is 65.0 Å². The molecule has 0 aromatic carbocycles. The van der Waals surface area contributed by atoms with E-state index in [1.54, 1.807) is 19.0 Å². The van der Waals surface area contributed by atoms with Crippen molar-refractivity contribution in [3.63, 3.8) is 0 Å². The van der Waals surface area contributed by atoms with Crippen LogP contribution in [-0.2, 0) is 54.0 Å². The minimum atomic E-state index is -1.56. The Morgan fingerprint density at radius 1 is 0.838 bits per heavy atom. The van der Waals surface area contributed by atoms with Gasteiger partial charge in [0.25, 0.3) is 11.5 Å². The molecule has 3 aromatic rings. The number of carbonyl (C=O) groups excluding carboxylic acids is 1. The van der Waals surface area contributed by atoms with Crippen molar-refractivity contribution in [2.24, 2.45) is 0 Å². The minimum Gasteiger partial charge on any atom is -0.382 e. The molecule has 378 valence electrons. The lowest BCUT2D eigenvalue weighted by molar-refractivity contribution is -0.119. The van der Waals surface area contributed by atoms with Crippen molar-refractivity contribution in [2.45, 2.75) is 87.8 Å². The van der Waals surface area contributed by atoms with Crippen molar-refractivity contribution in [3.8, 4) is 0 Å². The maximum Gasteiger partial charge on any atom is 0.330 e. The number of fused-ring (bicyclic) bond motifs is 1. The highest BCUT2D eigenvalue weighted by Crippen LogP contribution is 2.36. The lowest BCUT2D eigenvalue weighted by Gasteiger charge is -2.33. The van der Waals surface area contributed by atoms with Gasteiger partial charge in [0.05, 0.1) is 26.1 Å². The molecule has 3 fully saturated rings. The fourth-order valence-corrected chi connectivity index (χ4v) is 7.77. The quantitative estimate of drug-likeness (QED) is 0.109. The molecule has 4 aliphatic heterocycles. The molecule has 12 atom stereocenters. The van der Waals surface area contributed by atoms with Crippen LogP contribution in [0.25, 0.3) is 16.0 Å². The van der Waals surface area contributed by atoms with Crippen molar-refractivity contribution in [1.29, 1.82) is 0 Å². The van der Waals surface area contributed by atoms with E-state index in [2.05, 4.69) is 36.7 Å². The zero-order valence-corrected chi connectivity index (χ0v) is 38.0. The van der Waals surface area contributed by atoms with Gasteiger partial charge < -0.3 is 68.3 Å². The fourth-order valence-electron chi connectivity index (χ4n) is 7.77. The van der Waals surface area contributed by atoms with Gasteiger partial charge in [-0.25, -0.2) is 29.5 Å². The van der Waals surface area contributed by atoms with E-state index in [-0.39, 0.29) is 62.2 Å². The molecule has 4 aliphatic rings. The first-order chi connectivity index (χ1) is 32.0. The number of nitrogens with one attached hydrogen (secondary N) is 2. The Kier molecular flexibility index (Phi) is 20.1. The normalized spacial score (nSPS) is 28.9. The second kappa shape index (κ2) is 24.7. The third kappa shape index (κ3) is 12.1. The first-order valence-corrected chi connectivity index (χ1v) is 20.4. The van der Waals surface area contributed by atoms with Gasteiger partial charge in [0.15, 0.2) is 54.2 Å². The molecule has 7 heterocycles. The Morgan fingerprint density at radius 3 is 1.82 bits per heavy atom. The molecular formula is C41H59F4N11O12. The van der Waals surface area contributed by atoms with Crippen LogP contribution in [0, 0.1) is 12.7 Å². The molecule has 3 unspecified atom stereocenters. The van der Waals surface area contributed by atoms with E-state index in [0.717, 1.165) is 4.57 Å². The molecular weight excluding hydrogens is 915 g/mol. The van der Waals surface area contributed by atoms with Gasteiger partial charge in [-0.05, 0) is 14.1 Å². The third-order valence-corrected chi connectivity index (χ3v) is 10.8. The molecule has 7 rings (SSSR count). The van der Waals surface area contributed by atoms with E-state index in [9.17, 15) is 31.9 Å². The maximum atomic E-state index is 14.6. The van der Waals surface area contributed by atoms with Gasteiger partial charge in [0.1, 0.15) is 48.0 Å². The summed E-state index contributed by atoms with van der Waals surface area (Å²) in [6.45, 7) is 11.2. The van der Waals surface area contributed by atoms with E-state index >= 15 is 0 Å². The average molecular weight is 974 g/mol. The fraction of sp³-hybridized carbons (Fsp3) is 0.634. The summed E-state index contributed by atoms with van der Waals surface area (Å²) in [4.78, 5) is 55.1. The van der Waals surface area contributed by atoms with Crippen LogP contribution >= 0.6 is 0 Å². The Hall–Kier alpha value is -5.41. The number of nitrogen functional groups attached to an aromatic ring is 1. The van der Waals surface area contributed by atoms with Gasteiger partial charge in [-0.3, -0.25) is 23.7 Å². The number of carbonyl (C=O) groups is 1. The zero-order valence-electron chi connectivity index (χ0n) is 38.0. The Morgan fingerprint density at radius 2 is 1.34 bits per heavy atom. The number of H-pyrrole nitrogens is 1. The van der Waals surface area contributed by atoms with Crippen LogP contribution in [0.15, 0.2) is 46.3 Å². The first-order valence-electron chi connectivity index (χ1n) is 20.4. The second-order valence-electron chi connectivity index (χ2n) is 15.5. The predicted octanol–water partition coefficient (Wildman–Crippen LogP) is 0.993. The number of ether oxygens (including phenoxy) is 9. The number of nitrogens with zero attached hydrogens (tertiary/aromatic N) is 8. The number of methoxy groups -OCH3 is 6. The second-order valence-corrected chi connectivity index (χ2v) is 15.5. The number of rotatable bonds is 15. The monoisotopic (exact) mass is 973 g/mol. The molecule has 1 amide bonds. The van der Waals surface area contributed by atoms with Gasteiger partial charge in [0, 0.05) is 67.2 Å². The molecule has 0 aliphatic carbocycles. The topological polar surface area (TPSA) is 247 Å². The van der Waals surface area contributed by atoms with Gasteiger partial charge >= 0.3 is 11.8 Å². The molecule has 0 spiro atoms. The van der Waals surface area contributed by atoms with Gasteiger partial charge in [-0.2, -0.15) is 14.4 Å². The Labute approximate surface area is 388 Å². The van der Waals surface area contributed by atoms with E-state index in [0.29, 0.717) is 12.1 Å². The third-order valence-electron chi connectivity index (χ3n) is 10.8. The minimum absolute atomic E-state index is 0. The Balaban J connectivity index is 0.000000221. The molecule has 4 N–H and O–H groups in total. The summed E-state index contributed by atoms with van der Waals surface area (Å²) >= 11 is 0. The highest BCUT2D eigenvalue weighted by molar-refractivity contribution is 5.96. The van der Waals surface area contributed by atoms with Gasteiger partial charge in [-0.1, -0.05) is 14.0 Å².